The van der Waals surface area contributed by atoms with Crippen LogP contribution in [0.2, 0.25) is 13.1 Å². The van der Waals surface area contributed by atoms with Crippen molar-refractivity contribution in [1.29, 1.82) is 0 Å². The number of hydrogen-bond acceptors (Lipinski definition) is 2. The van der Waals surface area contributed by atoms with Crippen molar-refractivity contribution in [1.82, 2.24) is 0 Å². The zero-order chi connectivity index (χ0) is 23.0. The highest BCUT2D eigenvalue weighted by Gasteiger charge is 2.44. The molecular weight excluding hydrogens is 424 g/mol. The standard InChI is InChI=1S/C29H36OSSi/c1-8-10-13-22-17-19(3)18-25(27(22)30-16-9-2)32(6,7)29-21(5)20(4)26-23-14-11-12-15-24(23)31-28(26)29/h9,11-12,14-15,17-18,29H,2,8,10,13,16H2,1,3-7H3. The minimum atomic E-state index is -1.97. The van der Waals surface area contributed by atoms with Crippen molar-refractivity contribution >= 4 is 40.3 Å². The van der Waals surface area contributed by atoms with Gasteiger partial charge >= 0.3 is 0 Å². The van der Waals surface area contributed by atoms with Gasteiger partial charge in [0.2, 0.25) is 0 Å². The number of aryl methyl sites for hydroxylation is 2. The highest BCUT2D eigenvalue weighted by atomic mass is 32.1. The second kappa shape index (κ2) is 9.03. The quantitative estimate of drug-likeness (QED) is 0.243. The molecule has 1 nitrogen and oxygen atoms in total. The molecule has 0 aliphatic heterocycles. The van der Waals surface area contributed by atoms with Gasteiger partial charge in [-0.3, -0.25) is 0 Å². The summed E-state index contributed by atoms with van der Waals surface area (Å²) in [5.41, 5.74) is 7.75. The summed E-state index contributed by atoms with van der Waals surface area (Å²) in [6.45, 7) is 18.8. The zero-order valence-electron chi connectivity index (χ0n) is 20.5. The SMILES string of the molecule is C=CCOc1c(CCCC)cc(C)cc1[Si](C)(C)C1C(C)=C(C)c2c1sc1ccccc21. The lowest BCUT2D eigenvalue weighted by Gasteiger charge is -2.34. The van der Waals surface area contributed by atoms with Crippen molar-refractivity contribution in [3.05, 3.63) is 76.2 Å². The Bertz CT molecular complexity index is 1200. The van der Waals surface area contributed by atoms with E-state index in [9.17, 15) is 0 Å². The molecule has 2 aromatic carbocycles. The molecule has 1 heterocycles. The van der Waals surface area contributed by atoms with Gasteiger partial charge in [-0.05, 0) is 61.6 Å². The van der Waals surface area contributed by atoms with Gasteiger partial charge in [0.05, 0.1) is 8.07 Å². The molecular formula is C29H36OSSi. The fraction of sp³-hybridized carbons (Fsp3) is 0.379. The van der Waals surface area contributed by atoms with E-state index in [1.165, 1.54) is 50.4 Å². The Labute approximate surface area is 198 Å². The number of hydrogen-bond donors (Lipinski definition) is 0. The van der Waals surface area contributed by atoms with Crippen molar-refractivity contribution < 1.29 is 4.74 Å². The molecule has 0 saturated carbocycles. The number of rotatable bonds is 8. The van der Waals surface area contributed by atoms with Crippen LogP contribution in [0, 0.1) is 6.92 Å². The molecule has 168 valence electrons. The van der Waals surface area contributed by atoms with Gasteiger partial charge in [-0.2, -0.15) is 0 Å². The van der Waals surface area contributed by atoms with Gasteiger partial charge in [0, 0.05) is 20.5 Å². The topological polar surface area (TPSA) is 9.23 Å². The molecule has 1 unspecified atom stereocenters. The predicted molar refractivity (Wildman–Crippen MR) is 145 cm³/mol. The monoisotopic (exact) mass is 460 g/mol. The normalized spacial score (nSPS) is 16.0. The minimum absolute atomic E-state index is 0.488. The van der Waals surface area contributed by atoms with E-state index in [4.69, 9.17) is 4.74 Å². The van der Waals surface area contributed by atoms with Crippen LogP contribution in [-0.4, -0.2) is 14.7 Å². The van der Waals surface area contributed by atoms with Gasteiger partial charge in [0.1, 0.15) is 12.4 Å². The third-order valence-corrected chi connectivity index (χ3v) is 12.5. The first-order chi connectivity index (χ1) is 15.3. The van der Waals surface area contributed by atoms with E-state index in [1.54, 1.807) is 10.5 Å². The number of unbranched alkanes of at least 4 members (excludes halogenated alkanes) is 1. The summed E-state index contributed by atoms with van der Waals surface area (Å²) < 4.78 is 7.84. The molecule has 0 saturated heterocycles. The van der Waals surface area contributed by atoms with E-state index in [-0.39, 0.29) is 0 Å². The molecule has 0 N–H and O–H groups in total. The van der Waals surface area contributed by atoms with Crippen LogP contribution in [0.25, 0.3) is 15.7 Å². The van der Waals surface area contributed by atoms with Gasteiger partial charge in [0.25, 0.3) is 0 Å². The second-order valence-electron chi connectivity index (χ2n) is 9.80. The maximum Gasteiger partial charge on any atom is 0.122 e. The van der Waals surface area contributed by atoms with E-state index >= 15 is 0 Å². The van der Waals surface area contributed by atoms with E-state index in [1.807, 2.05) is 17.4 Å². The molecule has 0 radical (unpaired) electrons. The molecule has 3 aromatic rings. The lowest BCUT2D eigenvalue weighted by atomic mass is 10.0. The number of thiophene rings is 1. The lowest BCUT2D eigenvalue weighted by molar-refractivity contribution is 0.361. The highest BCUT2D eigenvalue weighted by molar-refractivity contribution is 7.20. The van der Waals surface area contributed by atoms with Gasteiger partial charge in [-0.25, -0.2) is 0 Å². The predicted octanol–water partition coefficient (Wildman–Crippen LogP) is 8.16. The third kappa shape index (κ3) is 3.80. The van der Waals surface area contributed by atoms with Gasteiger partial charge < -0.3 is 4.74 Å². The molecule has 0 amide bonds. The average Bonchev–Trinajstić information content (AvgIpc) is 3.25. The first kappa shape index (κ1) is 23.1. The summed E-state index contributed by atoms with van der Waals surface area (Å²) in [4.78, 5) is 1.57. The van der Waals surface area contributed by atoms with Crippen LogP contribution >= 0.6 is 11.3 Å². The van der Waals surface area contributed by atoms with E-state index < -0.39 is 8.07 Å². The van der Waals surface area contributed by atoms with Crippen LogP contribution in [0.1, 0.15) is 60.7 Å². The Kier molecular flexibility index (Phi) is 6.51. The fourth-order valence-electron chi connectivity index (χ4n) is 5.48. The first-order valence-corrected chi connectivity index (χ1v) is 15.8. The molecule has 1 aliphatic rings. The van der Waals surface area contributed by atoms with Crippen molar-refractivity contribution in [2.24, 2.45) is 0 Å². The van der Waals surface area contributed by atoms with Crippen molar-refractivity contribution in [2.45, 2.75) is 65.6 Å². The summed E-state index contributed by atoms with van der Waals surface area (Å²) in [7, 11) is -1.97. The summed E-state index contributed by atoms with van der Waals surface area (Å²) >= 11 is 2.01. The van der Waals surface area contributed by atoms with E-state index in [0.29, 0.717) is 12.1 Å². The Morgan fingerprint density at radius 1 is 1.12 bits per heavy atom. The molecule has 3 heteroatoms. The van der Waals surface area contributed by atoms with Crippen LogP contribution in [0.3, 0.4) is 0 Å². The van der Waals surface area contributed by atoms with E-state index in [0.717, 1.165) is 12.2 Å². The number of allylic oxidation sites excluding steroid dienone is 2. The van der Waals surface area contributed by atoms with E-state index in [2.05, 4.69) is 83.8 Å². The summed E-state index contributed by atoms with van der Waals surface area (Å²) in [5.74, 6) is 1.14. The average molecular weight is 461 g/mol. The lowest BCUT2D eigenvalue weighted by Crippen LogP contribution is -2.48. The molecule has 4 rings (SSSR count). The Morgan fingerprint density at radius 2 is 1.88 bits per heavy atom. The molecule has 1 aliphatic carbocycles. The van der Waals surface area contributed by atoms with Gasteiger partial charge in [-0.15, -0.1) is 11.3 Å². The molecule has 0 spiro atoms. The van der Waals surface area contributed by atoms with Crippen LogP contribution in [-0.2, 0) is 6.42 Å². The molecule has 1 aromatic heterocycles. The van der Waals surface area contributed by atoms with Gasteiger partial charge in [0.15, 0.2) is 0 Å². The van der Waals surface area contributed by atoms with Crippen molar-refractivity contribution in [2.75, 3.05) is 6.61 Å². The molecule has 0 fully saturated rings. The van der Waals surface area contributed by atoms with Crippen LogP contribution in [0.5, 0.6) is 5.75 Å². The van der Waals surface area contributed by atoms with Crippen molar-refractivity contribution in [3.63, 3.8) is 0 Å². The minimum Gasteiger partial charge on any atom is -0.489 e. The van der Waals surface area contributed by atoms with Crippen LogP contribution < -0.4 is 9.92 Å². The van der Waals surface area contributed by atoms with Crippen molar-refractivity contribution in [3.8, 4) is 5.75 Å². The number of ether oxygens (including phenoxy) is 1. The largest absolute Gasteiger partial charge is 0.489 e. The summed E-state index contributed by atoms with van der Waals surface area (Å²) in [6.07, 6.45) is 5.34. The Hall–Kier alpha value is -2.10. The van der Waals surface area contributed by atoms with Gasteiger partial charge in [-0.1, -0.05) is 80.6 Å². The first-order valence-electron chi connectivity index (χ1n) is 11.9. The molecule has 0 bridgehead atoms. The summed E-state index contributed by atoms with van der Waals surface area (Å²) in [6, 6.07) is 13.7. The third-order valence-electron chi connectivity index (χ3n) is 7.16. The van der Waals surface area contributed by atoms with Crippen LogP contribution in [0.4, 0.5) is 0 Å². The maximum atomic E-state index is 6.43. The molecule has 1 atom stereocenters. The highest BCUT2D eigenvalue weighted by Crippen LogP contribution is 2.53. The second-order valence-corrected chi connectivity index (χ2v) is 15.4. The summed E-state index contributed by atoms with van der Waals surface area (Å²) in [5, 5.41) is 2.89. The Morgan fingerprint density at radius 3 is 2.59 bits per heavy atom. The van der Waals surface area contributed by atoms with Crippen LogP contribution in [0.15, 0.2) is 54.6 Å². The zero-order valence-corrected chi connectivity index (χ0v) is 22.3. The number of fused-ring (bicyclic) bond motifs is 3. The maximum absolute atomic E-state index is 6.43. The Balaban J connectivity index is 1.90. The number of benzene rings is 2. The smallest absolute Gasteiger partial charge is 0.122 e. The molecule has 32 heavy (non-hydrogen) atoms. The fourth-order valence-corrected chi connectivity index (χ4v) is 11.7.